The van der Waals surface area contributed by atoms with Gasteiger partial charge >= 0.3 is 12.0 Å². The quantitative estimate of drug-likeness (QED) is 0.692. The van der Waals surface area contributed by atoms with Crippen molar-refractivity contribution in [3.05, 3.63) is 47.0 Å². The highest BCUT2D eigenvalue weighted by molar-refractivity contribution is 6.34. The van der Waals surface area contributed by atoms with E-state index in [2.05, 4.69) is 20.6 Å². The van der Waals surface area contributed by atoms with E-state index in [9.17, 15) is 9.59 Å². The summed E-state index contributed by atoms with van der Waals surface area (Å²) in [4.78, 5) is 29.6. The number of hydrogen-bond acceptors (Lipinski definition) is 3. The molecule has 2 amide bonds. The normalized spacial score (nSPS) is 10.1. The minimum absolute atomic E-state index is 0.0568. The number of carbonyl (C=O) groups excluding carboxylic acids is 1. The molecule has 0 aliphatic rings. The summed E-state index contributed by atoms with van der Waals surface area (Å²) in [6, 6.07) is 3.90. The van der Waals surface area contributed by atoms with E-state index in [-0.39, 0.29) is 22.8 Å². The van der Waals surface area contributed by atoms with Crippen LogP contribution in [0.15, 0.2) is 30.6 Å². The van der Waals surface area contributed by atoms with Gasteiger partial charge in [0, 0.05) is 12.4 Å². The summed E-state index contributed by atoms with van der Waals surface area (Å²) in [5.41, 5.74) is -0.0238. The molecule has 0 saturated heterocycles. The van der Waals surface area contributed by atoms with E-state index in [4.69, 9.17) is 16.7 Å². The number of amides is 2. The smallest absolute Gasteiger partial charge is 0.339 e. The molecule has 1 heterocycles. The van der Waals surface area contributed by atoms with Crippen molar-refractivity contribution in [2.75, 3.05) is 5.32 Å². The van der Waals surface area contributed by atoms with Gasteiger partial charge in [-0.25, -0.2) is 14.6 Å². The molecule has 1 aromatic heterocycles. The van der Waals surface area contributed by atoms with Crippen molar-refractivity contribution < 1.29 is 14.7 Å². The first-order valence-corrected chi connectivity index (χ1v) is 6.00. The molecule has 0 atom stereocenters. The first-order chi connectivity index (χ1) is 9.58. The maximum atomic E-state index is 11.7. The lowest BCUT2D eigenvalue weighted by molar-refractivity contribution is 0.0698. The monoisotopic (exact) mass is 294 g/mol. The number of aromatic nitrogens is 2. The molecule has 0 saturated carbocycles. The van der Waals surface area contributed by atoms with E-state index in [1.165, 1.54) is 12.1 Å². The van der Waals surface area contributed by atoms with Crippen LogP contribution in [0.25, 0.3) is 0 Å². The Hall–Kier alpha value is -2.54. The number of aromatic amines is 1. The molecule has 4 N–H and O–H groups in total. The number of benzene rings is 1. The fourth-order valence-electron chi connectivity index (χ4n) is 1.57. The molecule has 0 unspecified atom stereocenters. The number of aromatic carboxylic acids is 1. The molecule has 0 radical (unpaired) electrons. The number of rotatable bonds is 4. The van der Waals surface area contributed by atoms with Crippen LogP contribution < -0.4 is 10.6 Å². The van der Waals surface area contributed by atoms with Gasteiger partial charge in [0.2, 0.25) is 0 Å². The van der Waals surface area contributed by atoms with E-state index in [0.717, 1.165) is 0 Å². The molecule has 0 bridgehead atoms. The summed E-state index contributed by atoms with van der Waals surface area (Å²) >= 11 is 5.80. The van der Waals surface area contributed by atoms with Crippen LogP contribution in [0, 0.1) is 0 Å². The van der Waals surface area contributed by atoms with Gasteiger partial charge < -0.3 is 20.7 Å². The van der Waals surface area contributed by atoms with Gasteiger partial charge in [0.1, 0.15) is 11.4 Å². The Morgan fingerprint density at radius 1 is 1.40 bits per heavy atom. The van der Waals surface area contributed by atoms with Crippen LogP contribution in [0.3, 0.4) is 0 Å². The highest BCUT2D eigenvalue weighted by atomic mass is 35.5. The Morgan fingerprint density at radius 2 is 2.20 bits per heavy atom. The van der Waals surface area contributed by atoms with Gasteiger partial charge in [-0.05, 0) is 12.1 Å². The molecule has 104 valence electrons. The highest BCUT2D eigenvalue weighted by Gasteiger charge is 2.15. The van der Waals surface area contributed by atoms with Crippen LogP contribution >= 0.6 is 11.6 Å². The van der Waals surface area contributed by atoms with E-state index in [1.807, 2.05) is 0 Å². The summed E-state index contributed by atoms with van der Waals surface area (Å²) in [5.74, 6) is -0.623. The van der Waals surface area contributed by atoms with Gasteiger partial charge in [-0.15, -0.1) is 0 Å². The number of anilines is 1. The number of carboxylic acid groups (broad SMARTS) is 1. The first-order valence-electron chi connectivity index (χ1n) is 5.63. The van der Waals surface area contributed by atoms with Crippen LogP contribution in [0.4, 0.5) is 10.5 Å². The molecule has 2 aromatic rings. The predicted octanol–water partition coefficient (Wildman–Crippen LogP) is 2.08. The number of halogens is 1. The Bertz CT molecular complexity index is 628. The lowest BCUT2D eigenvalue weighted by Crippen LogP contribution is -2.29. The first kappa shape index (κ1) is 13.9. The second-order valence-corrected chi connectivity index (χ2v) is 4.22. The van der Waals surface area contributed by atoms with Gasteiger partial charge in [-0.1, -0.05) is 17.7 Å². The Kier molecular flexibility index (Phi) is 4.21. The zero-order valence-electron chi connectivity index (χ0n) is 10.2. The molecule has 2 rings (SSSR count). The number of carbonyl (C=O) groups is 2. The maximum absolute atomic E-state index is 11.7. The average molecular weight is 295 g/mol. The van der Waals surface area contributed by atoms with Gasteiger partial charge in [-0.2, -0.15) is 0 Å². The SMILES string of the molecule is O=C(NCc1ncc[nH]1)Nc1cccc(Cl)c1C(=O)O. The second kappa shape index (κ2) is 6.07. The summed E-state index contributed by atoms with van der Waals surface area (Å²) in [6.07, 6.45) is 3.20. The Morgan fingerprint density at radius 3 is 2.85 bits per heavy atom. The van der Waals surface area contributed by atoms with E-state index < -0.39 is 12.0 Å². The molecule has 1 aromatic carbocycles. The minimum Gasteiger partial charge on any atom is -0.478 e. The van der Waals surface area contributed by atoms with Crippen molar-refractivity contribution >= 4 is 29.3 Å². The lowest BCUT2D eigenvalue weighted by atomic mass is 10.2. The highest BCUT2D eigenvalue weighted by Crippen LogP contribution is 2.24. The summed E-state index contributed by atoms with van der Waals surface area (Å²) in [5, 5.41) is 14.1. The van der Waals surface area contributed by atoms with Gasteiger partial charge in [0.05, 0.1) is 17.3 Å². The van der Waals surface area contributed by atoms with Crippen molar-refractivity contribution in [2.24, 2.45) is 0 Å². The van der Waals surface area contributed by atoms with E-state index in [1.54, 1.807) is 18.5 Å². The maximum Gasteiger partial charge on any atom is 0.339 e. The number of nitrogens with zero attached hydrogens (tertiary/aromatic N) is 1. The molecular weight excluding hydrogens is 284 g/mol. The molecule has 0 fully saturated rings. The minimum atomic E-state index is -1.21. The lowest BCUT2D eigenvalue weighted by Gasteiger charge is -2.10. The zero-order chi connectivity index (χ0) is 14.5. The Labute approximate surface area is 119 Å². The van der Waals surface area contributed by atoms with Crippen molar-refractivity contribution in [1.82, 2.24) is 15.3 Å². The largest absolute Gasteiger partial charge is 0.478 e. The van der Waals surface area contributed by atoms with Crippen LogP contribution in [-0.2, 0) is 6.54 Å². The zero-order valence-corrected chi connectivity index (χ0v) is 10.9. The fraction of sp³-hybridized carbons (Fsp3) is 0.0833. The number of nitrogens with one attached hydrogen (secondary N) is 3. The molecule has 8 heteroatoms. The van der Waals surface area contributed by atoms with Crippen molar-refractivity contribution in [2.45, 2.75) is 6.54 Å². The molecular formula is C12H11ClN4O3. The van der Waals surface area contributed by atoms with E-state index in [0.29, 0.717) is 5.82 Å². The van der Waals surface area contributed by atoms with Gasteiger partial charge in [0.15, 0.2) is 0 Å². The summed E-state index contributed by atoms with van der Waals surface area (Å²) in [7, 11) is 0. The average Bonchev–Trinajstić information content (AvgIpc) is 2.89. The number of hydrogen-bond donors (Lipinski definition) is 4. The number of carboxylic acids is 1. The third kappa shape index (κ3) is 3.27. The van der Waals surface area contributed by atoms with Crippen LogP contribution in [0.2, 0.25) is 5.02 Å². The van der Waals surface area contributed by atoms with Gasteiger partial charge in [-0.3, -0.25) is 0 Å². The third-order valence-electron chi connectivity index (χ3n) is 2.45. The van der Waals surface area contributed by atoms with Gasteiger partial charge in [0.25, 0.3) is 0 Å². The number of H-pyrrole nitrogens is 1. The van der Waals surface area contributed by atoms with Crippen molar-refractivity contribution in [3.8, 4) is 0 Å². The molecule has 20 heavy (non-hydrogen) atoms. The van der Waals surface area contributed by atoms with Crippen LogP contribution in [-0.4, -0.2) is 27.1 Å². The molecule has 0 aliphatic carbocycles. The van der Waals surface area contributed by atoms with Crippen molar-refractivity contribution in [1.29, 1.82) is 0 Å². The number of imidazole rings is 1. The second-order valence-electron chi connectivity index (χ2n) is 3.81. The molecule has 7 nitrogen and oxygen atoms in total. The van der Waals surface area contributed by atoms with Crippen LogP contribution in [0.5, 0.6) is 0 Å². The van der Waals surface area contributed by atoms with E-state index >= 15 is 0 Å². The third-order valence-corrected chi connectivity index (χ3v) is 2.76. The topological polar surface area (TPSA) is 107 Å². The molecule has 0 spiro atoms. The number of urea groups is 1. The standard InChI is InChI=1S/C12H11ClN4O3/c13-7-2-1-3-8(10(7)11(18)19)17-12(20)16-6-9-14-4-5-15-9/h1-5H,6H2,(H,14,15)(H,18,19)(H2,16,17,20). The fourth-order valence-corrected chi connectivity index (χ4v) is 1.83. The van der Waals surface area contributed by atoms with Crippen molar-refractivity contribution in [3.63, 3.8) is 0 Å². The molecule has 0 aliphatic heterocycles. The van der Waals surface area contributed by atoms with Crippen LogP contribution in [0.1, 0.15) is 16.2 Å². The Balaban J connectivity index is 2.04. The summed E-state index contributed by atoms with van der Waals surface area (Å²) in [6.45, 7) is 0.196. The predicted molar refractivity (Wildman–Crippen MR) is 72.9 cm³/mol. The summed E-state index contributed by atoms with van der Waals surface area (Å²) < 4.78 is 0.